The molecular weight excluding hydrogens is 391 g/mol. The van der Waals surface area contributed by atoms with Crippen LogP contribution in [0.4, 0.5) is 0 Å². The maximum Gasteiger partial charge on any atom is 0.469 e. The quantitative estimate of drug-likeness (QED) is 0.126. The number of phosphoric acid groups is 1. The Balaban J connectivity index is 3.49. The van der Waals surface area contributed by atoms with Gasteiger partial charge in [0.1, 0.15) is 0 Å². The van der Waals surface area contributed by atoms with Crippen molar-refractivity contribution in [2.45, 2.75) is 103 Å². The molecule has 8 heteroatoms. The largest absolute Gasteiger partial charge is 0.469 e. The highest BCUT2D eigenvalue weighted by molar-refractivity contribution is 7.46. The summed E-state index contributed by atoms with van der Waals surface area (Å²) in [6.07, 6.45) is 20.7. The van der Waals surface area contributed by atoms with E-state index in [2.05, 4.69) is 28.9 Å². The van der Waals surface area contributed by atoms with E-state index in [9.17, 15) is 9.36 Å². The van der Waals surface area contributed by atoms with Crippen molar-refractivity contribution in [2.75, 3.05) is 13.2 Å². The molecule has 7 nitrogen and oxygen atoms in total. The van der Waals surface area contributed by atoms with Gasteiger partial charge in [-0.1, -0.05) is 70.4 Å². The van der Waals surface area contributed by atoms with E-state index in [-0.39, 0.29) is 19.1 Å². The number of amides is 1. The highest BCUT2D eigenvalue weighted by Gasteiger charge is 2.18. The van der Waals surface area contributed by atoms with E-state index in [1.807, 2.05) is 0 Å². The van der Waals surface area contributed by atoms with Crippen LogP contribution in [0.2, 0.25) is 0 Å². The van der Waals surface area contributed by atoms with Crippen LogP contribution in [0.5, 0.6) is 0 Å². The van der Waals surface area contributed by atoms with E-state index in [0.717, 1.165) is 25.7 Å². The second kappa shape index (κ2) is 19.3. The van der Waals surface area contributed by atoms with Crippen molar-refractivity contribution in [3.05, 3.63) is 12.2 Å². The van der Waals surface area contributed by atoms with E-state index in [1.54, 1.807) is 0 Å². The first-order valence-corrected chi connectivity index (χ1v) is 12.8. The minimum absolute atomic E-state index is 0.0676. The molecule has 0 rings (SSSR count). The van der Waals surface area contributed by atoms with Crippen LogP contribution < -0.4 is 11.1 Å². The summed E-state index contributed by atoms with van der Waals surface area (Å²) in [6.45, 7) is 2.02. The third-order valence-corrected chi connectivity index (χ3v) is 5.24. The van der Waals surface area contributed by atoms with Crippen LogP contribution in [-0.2, 0) is 13.9 Å². The van der Waals surface area contributed by atoms with Gasteiger partial charge in [-0.15, -0.1) is 0 Å². The number of phosphoric ester groups is 1. The van der Waals surface area contributed by atoms with Gasteiger partial charge in [0.05, 0.1) is 12.6 Å². The van der Waals surface area contributed by atoms with Crippen LogP contribution in [0.3, 0.4) is 0 Å². The molecule has 0 unspecified atom stereocenters. The molecule has 0 fully saturated rings. The molecule has 0 bridgehead atoms. The molecule has 0 aromatic carbocycles. The minimum atomic E-state index is -4.54. The molecule has 0 aliphatic heterocycles. The minimum Gasteiger partial charge on any atom is -0.350 e. The van der Waals surface area contributed by atoms with Crippen molar-refractivity contribution < 1.29 is 23.7 Å². The van der Waals surface area contributed by atoms with Gasteiger partial charge in [0.2, 0.25) is 5.91 Å². The lowest BCUT2D eigenvalue weighted by molar-refractivity contribution is -0.122. The lowest BCUT2D eigenvalue weighted by Crippen LogP contribution is -2.43. The molecule has 0 aromatic rings. The van der Waals surface area contributed by atoms with Crippen molar-refractivity contribution in [2.24, 2.45) is 5.73 Å². The maximum atomic E-state index is 11.8. The Hall–Kier alpha value is -0.720. The van der Waals surface area contributed by atoms with Crippen molar-refractivity contribution in [3.8, 4) is 0 Å². The van der Waals surface area contributed by atoms with Gasteiger partial charge in [-0.05, 0) is 32.1 Å². The Morgan fingerprint density at radius 3 is 2.00 bits per heavy atom. The average molecular weight is 435 g/mol. The van der Waals surface area contributed by atoms with Gasteiger partial charge < -0.3 is 20.8 Å². The zero-order valence-electron chi connectivity index (χ0n) is 18.2. The Morgan fingerprint density at radius 2 is 1.48 bits per heavy atom. The fourth-order valence-corrected chi connectivity index (χ4v) is 3.39. The average Bonchev–Trinajstić information content (AvgIpc) is 2.67. The summed E-state index contributed by atoms with van der Waals surface area (Å²) in [5, 5.41) is 2.65. The second-order valence-corrected chi connectivity index (χ2v) is 8.86. The number of allylic oxidation sites excluding steroid dienone is 2. The van der Waals surface area contributed by atoms with Gasteiger partial charge in [0.15, 0.2) is 0 Å². The lowest BCUT2D eigenvalue weighted by Gasteiger charge is -2.17. The lowest BCUT2D eigenvalue weighted by atomic mass is 10.1. The summed E-state index contributed by atoms with van der Waals surface area (Å²) in [5.74, 6) is -0.160. The van der Waals surface area contributed by atoms with Crippen LogP contribution in [-0.4, -0.2) is 34.9 Å². The summed E-state index contributed by atoms with van der Waals surface area (Å²) < 4.78 is 15.1. The Bertz CT molecular complexity index is 468. The number of nitrogens with two attached hydrogens (primary N) is 1. The molecule has 0 aliphatic rings. The highest BCUT2D eigenvalue weighted by atomic mass is 31.2. The molecule has 5 N–H and O–H groups in total. The smallest absolute Gasteiger partial charge is 0.350 e. The maximum absolute atomic E-state index is 11.8. The van der Waals surface area contributed by atoms with Crippen molar-refractivity contribution >= 4 is 13.7 Å². The fourth-order valence-electron chi connectivity index (χ4n) is 3.01. The molecule has 1 atom stereocenters. The Labute approximate surface area is 177 Å². The van der Waals surface area contributed by atoms with Gasteiger partial charge in [-0.2, -0.15) is 0 Å². The molecule has 0 saturated heterocycles. The van der Waals surface area contributed by atoms with Crippen LogP contribution >= 0.6 is 7.82 Å². The molecule has 29 heavy (non-hydrogen) atoms. The first kappa shape index (κ1) is 28.3. The SMILES string of the molecule is CCCCCCCC/C=C\CCCCCCCC(=O)N[C@H](CN)COP(=O)(O)O. The summed E-state index contributed by atoms with van der Waals surface area (Å²) in [6, 6.07) is -0.585. The number of carbonyl (C=O) groups excluding carboxylic acids is 1. The normalized spacial score (nSPS) is 13.1. The topological polar surface area (TPSA) is 122 Å². The van der Waals surface area contributed by atoms with Crippen LogP contribution in [0.15, 0.2) is 12.2 Å². The van der Waals surface area contributed by atoms with Crippen LogP contribution in [0.25, 0.3) is 0 Å². The second-order valence-electron chi connectivity index (χ2n) is 7.62. The van der Waals surface area contributed by atoms with Crippen LogP contribution in [0, 0.1) is 0 Å². The predicted octanol–water partition coefficient (Wildman–Crippen LogP) is 4.58. The van der Waals surface area contributed by atoms with Crippen LogP contribution in [0.1, 0.15) is 96.8 Å². The van der Waals surface area contributed by atoms with Gasteiger partial charge in [0.25, 0.3) is 0 Å². The molecule has 0 aromatic heterocycles. The van der Waals surface area contributed by atoms with Gasteiger partial charge in [-0.25, -0.2) is 4.57 Å². The summed E-state index contributed by atoms with van der Waals surface area (Å²) in [7, 11) is -4.54. The van der Waals surface area contributed by atoms with E-state index < -0.39 is 13.9 Å². The number of rotatable bonds is 20. The molecule has 0 heterocycles. The van der Waals surface area contributed by atoms with Gasteiger partial charge >= 0.3 is 7.82 Å². The summed E-state index contributed by atoms with van der Waals surface area (Å²) >= 11 is 0. The Morgan fingerprint density at radius 1 is 0.966 bits per heavy atom. The number of carbonyl (C=O) groups is 1. The molecule has 0 radical (unpaired) electrons. The van der Waals surface area contributed by atoms with E-state index in [1.165, 1.54) is 57.8 Å². The summed E-state index contributed by atoms with van der Waals surface area (Å²) in [5.41, 5.74) is 5.48. The third kappa shape index (κ3) is 21.8. The predicted molar refractivity (Wildman–Crippen MR) is 118 cm³/mol. The molecule has 172 valence electrons. The number of hydrogen-bond donors (Lipinski definition) is 4. The van der Waals surface area contributed by atoms with E-state index >= 15 is 0 Å². The molecule has 1 amide bonds. The van der Waals surface area contributed by atoms with E-state index in [0.29, 0.717) is 6.42 Å². The zero-order valence-corrected chi connectivity index (χ0v) is 19.1. The Kier molecular flexibility index (Phi) is 18.8. The first-order chi connectivity index (χ1) is 13.9. The molecule has 0 saturated carbocycles. The van der Waals surface area contributed by atoms with Crippen molar-refractivity contribution in [1.82, 2.24) is 5.32 Å². The van der Waals surface area contributed by atoms with Gasteiger partial charge in [-0.3, -0.25) is 9.32 Å². The van der Waals surface area contributed by atoms with Crippen molar-refractivity contribution in [1.29, 1.82) is 0 Å². The summed E-state index contributed by atoms with van der Waals surface area (Å²) in [4.78, 5) is 29.2. The highest BCUT2D eigenvalue weighted by Crippen LogP contribution is 2.35. The molecular formula is C21H43N2O5P. The molecule has 0 spiro atoms. The third-order valence-electron chi connectivity index (χ3n) is 4.76. The zero-order chi connectivity index (χ0) is 21.8. The first-order valence-electron chi connectivity index (χ1n) is 11.2. The van der Waals surface area contributed by atoms with Crippen molar-refractivity contribution in [3.63, 3.8) is 0 Å². The van der Waals surface area contributed by atoms with E-state index in [4.69, 9.17) is 15.5 Å². The number of nitrogens with one attached hydrogen (secondary N) is 1. The standard InChI is InChI=1S/C21H43N2O5P/c1-2-3-4-5-6-7-8-9-10-11-12-13-14-15-16-17-21(24)23-20(18-22)19-28-29(25,26)27/h9-10,20H,2-8,11-19,22H2,1H3,(H,23,24)(H2,25,26,27)/b10-9-/t20-/m1/s1. The fraction of sp³-hybridized carbons (Fsp3) is 0.857. The molecule has 0 aliphatic carbocycles. The number of unbranched alkanes of at least 4 members (excludes halogenated alkanes) is 11. The van der Waals surface area contributed by atoms with Gasteiger partial charge in [0, 0.05) is 13.0 Å². The monoisotopic (exact) mass is 434 g/mol. The number of hydrogen-bond acceptors (Lipinski definition) is 4.